The molecular formula is C23H23N5O2S. The smallest absolute Gasteiger partial charge is 0.270 e. The third-order valence-corrected chi connectivity index (χ3v) is 6.13. The number of carbonyl (C=O) groups excluding carboxylic acids is 1. The Morgan fingerprint density at radius 1 is 1.13 bits per heavy atom. The van der Waals surface area contributed by atoms with E-state index in [1.54, 1.807) is 0 Å². The lowest BCUT2D eigenvalue weighted by Crippen LogP contribution is -2.50. The van der Waals surface area contributed by atoms with E-state index >= 15 is 0 Å². The molecule has 1 fully saturated rings. The van der Waals surface area contributed by atoms with Gasteiger partial charge in [0.2, 0.25) is 5.91 Å². The lowest BCUT2D eigenvalue weighted by Gasteiger charge is -2.35. The molecule has 5 rings (SSSR count). The van der Waals surface area contributed by atoms with Crippen LogP contribution in [0.1, 0.15) is 23.0 Å². The molecule has 0 unspecified atom stereocenters. The first-order chi connectivity index (χ1) is 15.0. The normalized spacial score (nSPS) is 17.2. The van der Waals surface area contributed by atoms with Crippen LogP contribution in [0.5, 0.6) is 0 Å². The molecule has 2 aromatic carbocycles. The van der Waals surface area contributed by atoms with Gasteiger partial charge in [0, 0.05) is 24.3 Å². The van der Waals surface area contributed by atoms with E-state index in [0.717, 1.165) is 33.7 Å². The molecular weight excluding hydrogens is 410 g/mol. The Kier molecular flexibility index (Phi) is 4.95. The van der Waals surface area contributed by atoms with Gasteiger partial charge in [0.25, 0.3) is 4.84 Å². The molecule has 8 heteroatoms. The van der Waals surface area contributed by atoms with Gasteiger partial charge >= 0.3 is 0 Å². The Balaban J connectivity index is 1.57. The van der Waals surface area contributed by atoms with E-state index in [0.29, 0.717) is 24.6 Å². The average Bonchev–Trinajstić information content (AvgIpc) is 3.25. The molecule has 1 N–H and O–H groups in total. The van der Waals surface area contributed by atoms with E-state index in [9.17, 15) is 4.79 Å². The van der Waals surface area contributed by atoms with Crippen LogP contribution >= 0.6 is 12.2 Å². The Morgan fingerprint density at radius 3 is 2.68 bits per heavy atom. The van der Waals surface area contributed by atoms with Gasteiger partial charge in [-0.15, -0.1) is 0 Å². The Labute approximate surface area is 184 Å². The van der Waals surface area contributed by atoms with Crippen LogP contribution in [-0.4, -0.2) is 38.2 Å². The Morgan fingerprint density at radius 2 is 1.87 bits per heavy atom. The molecule has 1 atom stereocenters. The number of nitrogens with one attached hydrogen (secondary N) is 1. The maximum Gasteiger partial charge on any atom is 0.270 e. The number of rotatable bonds is 4. The number of aromatic nitrogens is 3. The number of para-hydroxylation sites is 3. The predicted octanol–water partition coefficient (Wildman–Crippen LogP) is 3.90. The number of aryl methyl sites for hydroxylation is 1. The summed E-state index contributed by atoms with van der Waals surface area (Å²) in [5, 5.41) is 7.77. The first-order valence-corrected chi connectivity index (χ1v) is 10.7. The van der Waals surface area contributed by atoms with Crippen molar-refractivity contribution in [1.29, 1.82) is 0 Å². The van der Waals surface area contributed by atoms with Crippen molar-refractivity contribution in [3.8, 4) is 5.69 Å². The summed E-state index contributed by atoms with van der Waals surface area (Å²) in [5.74, 6) is -0.0237. The van der Waals surface area contributed by atoms with Gasteiger partial charge in [0.1, 0.15) is 6.04 Å². The van der Waals surface area contributed by atoms with Gasteiger partial charge in [-0.2, -0.15) is 5.10 Å². The van der Waals surface area contributed by atoms with Crippen molar-refractivity contribution in [2.45, 2.75) is 26.6 Å². The van der Waals surface area contributed by atoms with Crippen molar-refractivity contribution in [2.24, 2.45) is 0 Å². The molecule has 1 amide bonds. The summed E-state index contributed by atoms with van der Waals surface area (Å²) in [6.45, 7) is 5.72. The number of piperazine rings is 1. The molecule has 31 heavy (non-hydrogen) atoms. The van der Waals surface area contributed by atoms with E-state index in [4.69, 9.17) is 21.7 Å². The van der Waals surface area contributed by atoms with Gasteiger partial charge in [0.15, 0.2) is 5.58 Å². The molecule has 0 aliphatic carbocycles. The van der Waals surface area contributed by atoms with Gasteiger partial charge in [-0.25, -0.2) is 4.68 Å². The summed E-state index contributed by atoms with van der Waals surface area (Å²) in [4.78, 5) is 15.6. The number of carbonyl (C=O) groups is 1. The molecule has 1 aliphatic heterocycles. The average molecular weight is 434 g/mol. The Bertz CT molecular complexity index is 1320. The summed E-state index contributed by atoms with van der Waals surface area (Å²) in [6.07, 6.45) is 0. The highest BCUT2D eigenvalue weighted by Crippen LogP contribution is 2.31. The van der Waals surface area contributed by atoms with Gasteiger partial charge in [0.05, 0.1) is 23.6 Å². The van der Waals surface area contributed by atoms with Crippen LogP contribution in [0.3, 0.4) is 0 Å². The minimum absolute atomic E-state index is 0.0237. The fourth-order valence-corrected chi connectivity index (χ4v) is 4.63. The molecule has 158 valence electrons. The van der Waals surface area contributed by atoms with E-state index in [1.165, 1.54) is 0 Å². The number of fused-ring (bicyclic) bond motifs is 1. The van der Waals surface area contributed by atoms with E-state index in [-0.39, 0.29) is 5.91 Å². The highest BCUT2D eigenvalue weighted by Gasteiger charge is 2.36. The van der Waals surface area contributed by atoms with E-state index < -0.39 is 6.04 Å². The molecule has 1 aliphatic rings. The topological polar surface area (TPSA) is 68.2 Å². The SMILES string of the molecule is Cc1nn(-c2ccccc2)c(C)c1[C@@H]1C(=O)NCCN1Cn1c(=S)oc2ccccc21. The number of nitrogens with zero attached hydrogens (tertiary/aromatic N) is 4. The number of benzene rings is 2. The molecule has 4 aromatic rings. The lowest BCUT2D eigenvalue weighted by atomic mass is 10.0. The number of oxazole rings is 1. The van der Waals surface area contributed by atoms with Gasteiger partial charge in [-0.3, -0.25) is 14.3 Å². The Hall–Kier alpha value is -3.23. The first-order valence-electron chi connectivity index (χ1n) is 10.3. The molecule has 7 nitrogen and oxygen atoms in total. The highest BCUT2D eigenvalue weighted by molar-refractivity contribution is 7.71. The minimum atomic E-state index is -0.457. The van der Waals surface area contributed by atoms with E-state index in [2.05, 4.69) is 10.2 Å². The molecule has 1 saturated heterocycles. The lowest BCUT2D eigenvalue weighted by molar-refractivity contribution is -0.130. The number of amides is 1. The van der Waals surface area contributed by atoms with Crippen LogP contribution in [0.2, 0.25) is 0 Å². The van der Waals surface area contributed by atoms with Gasteiger partial charge < -0.3 is 9.73 Å². The zero-order chi connectivity index (χ0) is 21.5. The van der Waals surface area contributed by atoms with Crippen LogP contribution in [0.15, 0.2) is 59.0 Å². The second kappa shape index (κ2) is 7.79. The van der Waals surface area contributed by atoms with Gasteiger partial charge in [-0.05, 0) is 50.3 Å². The minimum Gasteiger partial charge on any atom is -0.429 e. The third-order valence-electron chi connectivity index (χ3n) is 5.83. The van der Waals surface area contributed by atoms with Crippen molar-refractivity contribution in [1.82, 2.24) is 24.6 Å². The number of hydrogen-bond acceptors (Lipinski definition) is 5. The first kappa shape index (κ1) is 19.7. The molecule has 0 spiro atoms. The quantitative estimate of drug-likeness (QED) is 0.495. The monoisotopic (exact) mass is 433 g/mol. The second-order valence-corrected chi connectivity index (χ2v) is 8.09. The highest BCUT2D eigenvalue weighted by atomic mass is 32.1. The fraction of sp³-hybridized carbons (Fsp3) is 0.261. The third kappa shape index (κ3) is 3.37. The molecule has 2 aromatic heterocycles. The summed E-state index contributed by atoms with van der Waals surface area (Å²) < 4.78 is 9.61. The van der Waals surface area contributed by atoms with Crippen molar-refractivity contribution in [3.05, 3.63) is 76.4 Å². The predicted molar refractivity (Wildman–Crippen MR) is 121 cm³/mol. The molecule has 0 bridgehead atoms. The summed E-state index contributed by atoms with van der Waals surface area (Å²) in [5.41, 5.74) is 5.37. The molecule has 0 saturated carbocycles. The fourth-order valence-electron chi connectivity index (χ4n) is 4.38. The summed E-state index contributed by atoms with van der Waals surface area (Å²) >= 11 is 5.48. The number of hydrogen-bond donors (Lipinski definition) is 1. The summed E-state index contributed by atoms with van der Waals surface area (Å²) in [6, 6.07) is 17.3. The zero-order valence-electron chi connectivity index (χ0n) is 17.4. The van der Waals surface area contributed by atoms with Crippen LogP contribution < -0.4 is 5.32 Å². The van der Waals surface area contributed by atoms with Crippen LogP contribution in [-0.2, 0) is 11.5 Å². The molecule has 0 radical (unpaired) electrons. The van der Waals surface area contributed by atoms with Crippen LogP contribution in [0, 0.1) is 18.7 Å². The van der Waals surface area contributed by atoms with Crippen molar-refractivity contribution in [3.63, 3.8) is 0 Å². The van der Waals surface area contributed by atoms with Crippen LogP contribution in [0.25, 0.3) is 16.8 Å². The largest absolute Gasteiger partial charge is 0.429 e. The van der Waals surface area contributed by atoms with Crippen molar-refractivity contribution >= 4 is 29.2 Å². The molecule has 3 heterocycles. The summed E-state index contributed by atoms with van der Waals surface area (Å²) in [7, 11) is 0. The van der Waals surface area contributed by atoms with Crippen LogP contribution in [0.4, 0.5) is 0 Å². The maximum atomic E-state index is 13.1. The zero-order valence-corrected chi connectivity index (χ0v) is 18.2. The van der Waals surface area contributed by atoms with E-state index in [1.807, 2.05) is 77.7 Å². The van der Waals surface area contributed by atoms with Crippen molar-refractivity contribution < 1.29 is 9.21 Å². The van der Waals surface area contributed by atoms with Crippen molar-refractivity contribution in [2.75, 3.05) is 13.1 Å². The van der Waals surface area contributed by atoms with Gasteiger partial charge in [-0.1, -0.05) is 30.3 Å². The maximum absolute atomic E-state index is 13.1. The standard InChI is InChI=1S/C23H23N5O2S/c1-15-20(16(2)28(25-15)17-8-4-3-5-9-17)21-22(29)24-12-13-26(21)14-27-18-10-6-7-11-19(18)30-23(27)31/h3-11,21H,12-14H2,1-2H3,(H,24,29)/t21-/m1/s1. The second-order valence-electron chi connectivity index (χ2n) is 7.74.